The van der Waals surface area contributed by atoms with Gasteiger partial charge in [-0.05, 0) is 85.3 Å². The van der Waals surface area contributed by atoms with Crippen LogP contribution in [0.5, 0.6) is 0 Å². The largest absolute Gasteiger partial charge is 0.309 e. The number of rotatable bonds is 3. The zero-order valence-corrected chi connectivity index (χ0v) is 23.8. The van der Waals surface area contributed by atoms with E-state index >= 15 is 0 Å². The number of anilines is 3. The third kappa shape index (κ3) is 5.84. The quantitative estimate of drug-likeness (QED) is 0.328. The molecule has 0 saturated carbocycles. The minimum atomic E-state index is -0.000284. The molecule has 33 heavy (non-hydrogen) atoms. The van der Waals surface area contributed by atoms with E-state index in [-0.39, 0.29) is 16.2 Å². The SMILES string of the molecule is CC(C)(C)c1ccc(N(c2ccc(C(C)(C)C)cc2)c2cc(C(C)(C)C)cc(Br)c2Cl)cc1. The summed E-state index contributed by atoms with van der Waals surface area (Å²) in [5, 5.41) is 0.711. The standard InChI is InChI=1S/C30H37BrClN/c1-28(2,3)20-10-14-23(15-11-20)33(24-16-12-21(13-17-24)29(4,5)6)26-19-22(30(7,8)9)18-25(31)27(26)32/h10-19H,1-9H3. The van der Waals surface area contributed by atoms with Crippen LogP contribution in [0.4, 0.5) is 17.1 Å². The van der Waals surface area contributed by atoms with Crippen molar-refractivity contribution in [2.75, 3.05) is 4.90 Å². The molecule has 0 atom stereocenters. The lowest BCUT2D eigenvalue weighted by atomic mass is 9.86. The van der Waals surface area contributed by atoms with Crippen LogP contribution in [0, 0.1) is 0 Å². The van der Waals surface area contributed by atoms with Gasteiger partial charge in [0, 0.05) is 15.8 Å². The molecule has 0 spiro atoms. The minimum Gasteiger partial charge on any atom is -0.309 e. The Hall–Kier alpha value is -1.77. The Balaban J connectivity index is 2.24. The number of nitrogens with zero attached hydrogens (tertiary/aromatic N) is 1. The highest BCUT2D eigenvalue weighted by Crippen LogP contribution is 2.44. The van der Waals surface area contributed by atoms with E-state index in [0.717, 1.165) is 21.5 Å². The number of benzene rings is 3. The summed E-state index contributed by atoms with van der Waals surface area (Å²) in [7, 11) is 0. The van der Waals surface area contributed by atoms with Crippen LogP contribution >= 0.6 is 27.5 Å². The first kappa shape index (κ1) is 25.8. The van der Waals surface area contributed by atoms with Crippen molar-refractivity contribution in [3.05, 3.63) is 86.8 Å². The summed E-state index contributed by atoms with van der Waals surface area (Å²) in [6.45, 7) is 20.1. The van der Waals surface area contributed by atoms with Gasteiger partial charge in [0.1, 0.15) is 0 Å². The molecule has 0 heterocycles. The molecule has 0 fully saturated rings. The second-order valence-electron chi connectivity index (χ2n) is 12.0. The van der Waals surface area contributed by atoms with Crippen LogP contribution in [0.1, 0.15) is 79.0 Å². The van der Waals surface area contributed by atoms with Gasteiger partial charge in [0.05, 0.1) is 10.7 Å². The molecule has 3 aromatic carbocycles. The highest BCUT2D eigenvalue weighted by atomic mass is 79.9. The monoisotopic (exact) mass is 525 g/mol. The fraction of sp³-hybridized carbons (Fsp3) is 0.400. The summed E-state index contributed by atoms with van der Waals surface area (Å²) in [6, 6.07) is 22.1. The fourth-order valence-corrected chi connectivity index (χ4v) is 4.46. The number of halogens is 2. The molecule has 0 N–H and O–H groups in total. The van der Waals surface area contributed by atoms with Crippen molar-refractivity contribution in [1.29, 1.82) is 0 Å². The molecular weight excluding hydrogens is 490 g/mol. The van der Waals surface area contributed by atoms with Crippen LogP contribution in [0.15, 0.2) is 65.1 Å². The molecule has 1 nitrogen and oxygen atoms in total. The Morgan fingerprint density at radius 1 is 0.576 bits per heavy atom. The molecule has 0 saturated heterocycles. The van der Waals surface area contributed by atoms with Crippen LogP contribution in [-0.4, -0.2) is 0 Å². The van der Waals surface area contributed by atoms with Gasteiger partial charge in [-0.2, -0.15) is 0 Å². The Bertz CT molecular complexity index is 1050. The molecule has 0 unspecified atom stereocenters. The minimum absolute atomic E-state index is 0.000284. The first-order valence-corrected chi connectivity index (χ1v) is 12.8. The van der Waals surface area contributed by atoms with Crippen molar-refractivity contribution >= 4 is 44.6 Å². The Morgan fingerprint density at radius 2 is 0.939 bits per heavy atom. The normalized spacial score (nSPS) is 12.7. The molecule has 0 aliphatic rings. The zero-order chi connectivity index (χ0) is 24.8. The van der Waals surface area contributed by atoms with Crippen molar-refractivity contribution in [2.24, 2.45) is 0 Å². The number of hydrogen-bond acceptors (Lipinski definition) is 1. The van der Waals surface area contributed by atoms with Gasteiger partial charge in [0.25, 0.3) is 0 Å². The van der Waals surface area contributed by atoms with E-state index in [1.54, 1.807) is 0 Å². The van der Waals surface area contributed by atoms with E-state index in [1.807, 2.05) is 0 Å². The van der Waals surface area contributed by atoms with Gasteiger partial charge in [-0.1, -0.05) is 98.2 Å². The third-order valence-corrected chi connectivity index (χ3v) is 7.35. The van der Waals surface area contributed by atoms with E-state index in [9.17, 15) is 0 Å². The average molecular weight is 527 g/mol. The first-order chi connectivity index (χ1) is 15.1. The van der Waals surface area contributed by atoms with Gasteiger partial charge in [-0.25, -0.2) is 0 Å². The molecule has 0 radical (unpaired) electrons. The van der Waals surface area contributed by atoms with Gasteiger partial charge in [-0.15, -0.1) is 0 Å². The Morgan fingerprint density at radius 3 is 1.27 bits per heavy atom. The summed E-state index contributed by atoms with van der Waals surface area (Å²) in [5.41, 5.74) is 7.21. The van der Waals surface area contributed by atoms with Crippen LogP contribution < -0.4 is 4.90 Å². The summed E-state index contributed by atoms with van der Waals surface area (Å²) in [5.74, 6) is 0. The number of hydrogen-bond donors (Lipinski definition) is 0. The van der Waals surface area contributed by atoms with Crippen LogP contribution in [-0.2, 0) is 16.2 Å². The third-order valence-electron chi connectivity index (χ3n) is 6.10. The molecule has 3 heteroatoms. The highest BCUT2D eigenvalue weighted by molar-refractivity contribution is 9.10. The van der Waals surface area contributed by atoms with Crippen LogP contribution in [0.2, 0.25) is 5.02 Å². The maximum absolute atomic E-state index is 6.93. The summed E-state index contributed by atoms with van der Waals surface area (Å²) in [4.78, 5) is 2.27. The van der Waals surface area contributed by atoms with E-state index in [2.05, 4.69) is 144 Å². The molecule has 0 bridgehead atoms. The topological polar surface area (TPSA) is 3.24 Å². The molecule has 0 aliphatic heterocycles. The van der Waals surface area contributed by atoms with Gasteiger partial charge in [0.15, 0.2) is 0 Å². The fourth-order valence-electron chi connectivity index (χ4n) is 3.82. The lowest BCUT2D eigenvalue weighted by Crippen LogP contribution is -2.16. The van der Waals surface area contributed by atoms with E-state index < -0.39 is 0 Å². The molecular formula is C30H37BrClN. The zero-order valence-electron chi connectivity index (χ0n) is 21.5. The smallest absolute Gasteiger partial charge is 0.0788 e. The molecule has 0 amide bonds. The van der Waals surface area contributed by atoms with Crippen molar-refractivity contribution in [3.63, 3.8) is 0 Å². The molecule has 0 aliphatic carbocycles. The highest BCUT2D eigenvalue weighted by Gasteiger charge is 2.24. The van der Waals surface area contributed by atoms with Crippen molar-refractivity contribution in [3.8, 4) is 0 Å². The lowest BCUT2D eigenvalue weighted by molar-refractivity contribution is 0.589. The van der Waals surface area contributed by atoms with Crippen molar-refractivity contribution < 1.29 is 0 Å². The predicted octanol–water partition coefficient (Wildman–Crippen LogP) is 10.5. The Labute approximate surface area is 214 Å². The molecule has 3 aromatic rings. The van der Waals surface area contributed by atoms with Crippen LogP contribution in [0.3, 0.4) is 0 Å². The van der Waals surface area contributed by atoms with E-state index in [4.69, 9.17) is 11.6 Å². The lowest BCUT2D eigenvalue weighted by Gasteiger charge is -2.30. The van der Waals surface area contributed by atoms with Gasteiger partial charge >= 0.3 is 0 Å². The second-order valence-corrected chi connectivity index (χ2v) is 13.2. The maximum atomic E-state index is 6.93. The molecule has 3 rings (SSSR count). The van der Waals surface area contributed by atoms with Gasteiger partial charge in [-0.3, -0.25) is 0 Å². The van der Waals surface area contributed by atoms with E-state index in [1.165, 1.54) is 16.7 Å². The summed E-state index contributed by atoms with van der Waals surface area (Å²) in [6.07, 6.45) is 0. The summed E-state index contributed by atoms with van der Waals surface area (Å²) >= 11 is 10.6. The summed E-state index contributed by atoms with van der Waals surface area (Å²) < 4.78 is 0.911. The predicted molar refractivity (Wildman–Crippen MR) is 150 cm³/mol. The Kier molecular flexibility index (Phi) is 7.14. The van der Waals surface area contributed by atoms with E-state index in [0.29, 0.717) is 5.02 Å². The van der Waals surface area contributed by atoms with Crippen molar-refractivity contribution in [1.82, 2.24) is 0 Å². The average Bonchev–Trinajstić information content (AvgIpc) is 2.70. The molecule has 176 valence electrons. The first-order valence-electron chi connectivity index (χ1n) is 11.6. The second kappa shape index (κ2) is 9.12. The van der Waals surface area contributed by atoms with Crippen molar-refractivity contribution in [2.45, 2.75) is 78.6 Å². The van der Waals surface area contributed by atoms with Gasteiger partial charge < -0.3 is 4.90 Å². The van der Waals surface area contributed by atoms with Crippen LogP contribution in [0.25, 0.3) is 0 Å². The molecule has 0 aromatic heterocycles. The maximum Gasteiger partial charge on any atom is 0.0788 e. The van der Waals surface area contributed by atoms with Gasteiger partial charge in [0.2, 0.25) is 0 Å².